The highest BCUT2D eigenvalue weighted by atomic mass is 35.5. The zero-order chi connectivity index (χ0) is 20.9. The molecule has 0 heterocycles. The molecule has 28 heavy (non-hydrogen) atoms. The Bertz CT molecular complexity index is 861. The first-order valence-corrected chi connectivity index (χ1v) is 9.30. The molecule has 7 heteroatoms. The Hall–Kier alpha value is -2.44. The molecule has 4 N–H and O–H groups in total. The topological polar surface area (TPSA) is 87.7 Å². The van der Waals surface area contributed by atoms with Gasteiger partial charge in [0.05, 0.1) is 11.9 Å². The second-order valence-corrected chi connectivity index (χ2v) is 7.93. The van der Waals surface area contributed by atoms with E-state index >= 15 is 0 Å². The number of nitrogens with zero attached hydrogens (tertiary/aromatic N) is 1. The summed E-state index contributed by atoms with van der Waals surface area (Å²) in [5.41, 5.74) is 6.76. The molecule has 0 aromatic heterocycles. The Balaban J connectivity index is 2.32. The first-order valence-electron chi connectivity index (χ1n) is 8.93. The summed E-state index contributed by atoms with van der Waals surface area (Å²) in [4.78, 5) is 16.8. The maximum atomic E-state index is 14.5. The Morgan fingerprint density at radius 1 is 1.25 bits per heavy atom. The summed E-state index contributed by atoms with van der Waals surface area (Å²) in [6.45, 7) is 5.54. The molecule has 0 saturated carbocycles. The quantitative estimate of drug-likeness (QED) is 0.486. The lowest BCUT2D eigenvalue weighted by Crippen LogP contribution is -2.29. The van der Waals surface area contributed by atoms with Gasteiger partial charge in [0.1, 0.15) is 5.82 Å². The van der Waals surface area contributed by atoms with Crippen molar-refractivity contribution in [1.82, 2.24) is 0 Å². The standard InChI is InChI=1S/C21H25ClFN3O2/c1-21(2,3)20(24)26-18(10-11-27)16-12-15(8-9-17(16)23)25-19(28)13-4-6-14(22)7-5-13/h4-9,12,18,27H,10-11H2,1-3H3,(H2,24,26)(H,25,28)/t18-/m0/s1. The highest BCUT2D eigenvalue weighted by Gasteiger charge is 2.21. The number of amides is 1. The molecule has 5 nitrogen and oxygen atoms in total. The van der Waals surface area contributed by atoms with Gasteiger partial charge in [-0.25, -0.2) is 4.39 Å². The molecule has 2 rings (SSSR count). The van der Waals surface area contributed by atoms with E-state index in [9.17, 15) is 14.3 Å². The number of aliphatic imine (C=N–C) groups is 1. The number of hydrogen-bond donors (Lipinski definition) is 3. The van der Waals surface area contributed by atoms with Crippen LogP contribution in [0.15, 0.2) is 47.5 Å². The van der Waals surface area contributed by atoms with Crippen molar-refractivity contribution < 1.29 is 14.3 Å². The van der Waals surface area contributed by atoms with Crippen molar-refractivity contribution in [3.05, 3.63) is 64.4 Å². The van der Waals surface area contributed by atoms with E-state index in [0.717, 1.165) is 0 Å². The van der Waals surface area contributed by atoms with Gasteiger partial charge < -0.3 is 16.2 Å². The third kappa shape index (κ3) is 5.78. The van der Waals surface area contributed by atoms with Crippen molar-refractivity contribution in [1.29, 1.82) is 0 Å². The molecule has 2 aromatic carbocycles. The van der Waals surface area contributed by atoms with Gasteiger partial charge in [-0.05, 0) is 48.9 Å². The van der Waals surface area contributed by atoms with Crippen molar-refractivity contribution >= 4 is 29.0 Å². The number of nitrogens with one attached hydrogen (secondary N) is 1. The number of halogens is 2. The van der Waals surface area contributed by atoms with E-state index in [2.05, 4.69) is 10.3 Å². The number of carbonyl (C=O) groups is 1. The van der Waals surface area contributed by atoms with Crippen molar-refractivity contribution in [3.8, 4) is 0 Å². The fourth-order valence-corrected chi connectivity index (χ4v) is 2.58. The van der Waals surface area contributed by atoms with Gasteiger partial charge >= 0.3 is 0 Å². The van der Waals surface area contributed by atoms with Crippen LogP contribution >= 0.6 is 11.6 Å². The summed E-state index contributed by atoms with van der Waals surface area (Å²) in [5, 5.41) is 12.6. The fourth-order valence-electron chi connectivity index (χ4n) is 2.45. The van der Waals surface area contributed by atoms with Gasteiger partial charge in [-0.1, -0.05) is 32.4 Å². The van der Waals surface area contributed by atoms with E-state index < -0.39 is 11.9 Å². The SMILES string of the molecule is CC(C)(C)C(N)=N[C@@H](CCO)c1cc(NC(=O)c2ccc(Cl)cc2)ccc1F. The van der Waals surface area contributed by atoms with Gasteiger partial charge in [-0.15, -0.1) is 0 Å². The van der Waals surface area contributed by atoms with E-state index in [4.69, 9.17) is 17.3 Å². The molecule has 0 radical (unpaired) electrons. The second-order valence-electron chi connectivity index (χ2n) is 7.49. The number of rotatable bonds is 6. The van der Waals surface area contributed by atoms with Crippen LogP contribution < -0.4 is 11.1 Å². The summed E-state index contributed by atoms with van der Waals surface area (Å²) in [6.07, 6.45) is 0.211. The lowest BCUT2D eigenvalue weighted by Gasteiger charge is -2.21. The predicted octanol–water partition coefficient (Wildman–Crippen LogP) is 4.56. The maximum Gasteiger partial charge on any atom is 0.255 e. The molecule has 0 aliphatic rings. The van der Waals surface area contributed by atoms with Crippen molar-refractivity contribution in [3.63, 3.8) is 0 Å². The average Bonchev–Trinajstić information content (AvgIpc) is 2.62. The summed E-state index contributed by atoms with van der Waals surface area (Å²) in [6, 6.07) is 10.0. The highest BCUT2D eigenvalue weighted by Crippen LogP contribution is 2.29. The highest BCUT2D eigenvalue weighted by molar-refractivity contribution is 6.30. The molecule has 1 amide bonds. The van der Waals surface area contributed by atoms with Crippen LogP contribution in [0.5, 0.6) is 0 Å². The van der Waals surface area contributed by atoms with E-state index in [1.807, 2.05) is 20.8 Å². The molecular weight excluding hydrogens is 381 g/mol. The van der Waals surface area contributed by atoms with Crippen LogP contribution in [-0.2, 0) is 0 Å². The summed E-state index contributed by atoms with van der Waals surface area (Å²) >= 11 is 5.84. The van der Waals surface area contributed by atoms with E-state index in [1.165, 1.54) is 18.2 Å². The van der Waals surface area contributed by atoms with Gasteiger partial charge in [-0.2, -0.15) is 0 Å². The number of hydrogen-bond acceptors (Lipinski definition) is 3. The van der Waals surface area contributed by atoms with E-state index in [0.29, 0.717) is 22.1 Å². The minimum Gasteiger partial charge on any atom is -0.396 e. The lowest BCUT2D eigenvalue weighted by molar-refractivity contribution is 0.102. The van der Waals surface area contributed by atoms with E-state index in [-0.39, 0.29) is 29.9 Å². The van der Waals surface area contributed by atoms with Crippen LogP contribution in [0.25, 0.3) is 0 Å². The molecule has 0 saturated heterocycles. The predicted molar refractivity (Wildman–Crippen MR) is 111 cm³/mol. The monoisotopic (exact) mass is 405 g/mol. The molecule has 0 aliphatic heterocycles. The molecule has 0 fully saturated rings. The minimum atomic E-state index is -0.656. The molecule has 1 atom stereocenters. The van der Waals surface area contributed by atoms with Crippen molar-refractivity contribution in [2.24, 2.45) is 16.1 Å². The van der Waals surface area contributed by atoms with Crippen LogP contribution in [0.4, 0.5) is 10.1 Å². The van der Waals surface area contributed by atoms with Crippen molar-refractivity contribution in [2.75, 3.05) is 11.9 Å². The molecule has 0 spiro atoms. The first-order chi connectivity index (χ1) is 13.1. The van der Waals surface area contributed by atoms with Crippen LogP contribution in [0.2, 0.25) is 5.02 Å². The summed E-state index contributed by atoms with van der Waals surface area (Å²) in [5.74, 6) is -0.458. The maximum absolute atomic E-state index is 14.5. The minimum absolute atomic E-state index is 0.174. The Kier molecular flexibility index (Phi) is 7.16. The van der Waals surface area contributed by atoms with Gasteiger partial charge in [0.25, 0.3) is 5.91 Å². The third-order valence-electron chi connectivity index (χ3n) is 4.19. The average molecular weight is 406 g/mol. The number of benzene rings is 2. The largest absolute Gasteiger partial charge is 0.396 e. The molecular formula is C21H25ClFN3O2. The number of aliphatic hydroxyl groups excluding tert-OH is 1. The van der Waals surface area contributed by atoms with Crippen LogP contribution in [-0.4, -0.2) is 23.5 Å². The second kappa shape index (κ2) is 9.17. The molecule has 0 unspecified atom stereocenters. The number of carbonyl (C=O) groups excluding carboxylic acids is 1. The zero-order valence-corrected chi connectivity index (χ0v) is 16.9. The Morgan fingerprint density at radius 3 is 2.46 bits per heavy atom. The number of aliphatic hydroxyl groups is 1. The van der Waals surface area contributed by atoms with E-state index in [1.54, 1.807) is 24.3 Å². The molecule has 0 bridgehead atoms. The zero-order valence-electron chi connectivity index (χ0n) is 16.2. The Morgan fingerprint density at radius 2 is 1.89 bits per heavy atom. The lowest BCUT2D eigenvalue weighted by atomic mass is 9.94. The Labute approximate surface area is 169 Å². The number of amidine groups is 1. The third-order valence-corrected chi connectivity index (χ3v) is 4.44. The summed E-state index contributed by atoms with van der Waals surface area (Å²) in [7, 11) is 0. The van der Waals surface area contributed by atoms with Gasteiger partial charge in [-0.3, -0.25) is 9.79 Å². The number of anilines is 1. The van der Waals surface area contributed by atoms with Gasteiger partial charge in [0, 0.05) is 33.9 Å². The number of nitrogens with two attached hydrogens (primary N) is 1. The van der Waals surface area contributed by atoms with Crippen LogP contribution in [0.3, 0.4) is 0 Å². The fraction of sp³-hybridized carbons (Fsp3) is 0.333. The molecule has 150 valence electrons. The summed E-state index contributed by atoms with van der Waals surface area (Å²) < 4.78 is 14.5. The first kappa shape index (κ1) is 21.9. The van der Waals surface area contributed by atoms with Gasteiger partial charge in [0.2, 0.25) is 0 Å². The van der Waals surface area contributed by atoms with Crippen LogP contribution in [0, 0.1) is 11.2 Å². The smallest absolute Gasteiger partial charge is 0.255 e. The molecule has 0 aliphatic carbocycles. The van der Waals surface area contributed by atoms with Crippen LogP contribution in [0.1, 0.15) is 49.2 Å². The van der Waals surface area contributed by atoms with Crippen molar-refractivity contribution in [2.45, 2.75) is 33.2 Å². The molecule has 2 aromatic rings. The van der Waals surface area contributed by atoms with Gasteiger partial charge in [0.15, 0.2) is 0 Å². The normalized spacial score (nSPS) is 13.3.